The molecule has 2 saturated heterocycles. The van der Waals surface area contributed by atoms with Crippen molar-refractivity contribution in [1.82, 2.24) is 10.2 Å². The lowest BCUT2D eigenvalue weighted by Crippen LogP contribution is -2.41. The molecule has 1 amide bonds. The van der Waals surface area contributed by atoms with E-state index in [4.69, 9.17) is 14.2 Å². The van der Waals surface area contributed by atoms with Gasteiger partial charge >= 0.3 is 0 Å². The van der Waals surface area contributed by atoms with Crippen LogP contribution in [0.3, 0.4) is 0 Å². The molecule has 5 rings (SSSR count). The van der Waals surface area contributed by atoms with Crippen molar-refractivity contribution in [3.05, 3.63) is 29.3 Å². The Balaban J connectivity index is 0.980. The summed E-state index contributed by atoms with van der Waals surface area (Å²) in [4.78, 5) is 15.0. The molecule has 6 nitrogen and oxygen atoms in total. The number of hydrogen-bond acceptors (Lipinski definition) is 5. The highest BCUT2D eigenvalue weighted by Crippen LogP contribution is 2.37. The van der Waals surface area contributed by atoms with Gasteiger partial charge in [-0.05, 0) is 88.0 Å². The average molecular weight is 457 g/mol. The Hall–Kier alpha value is -1.63. The van der Waals surface area contributed by atoms with Crippen LogP contribution in [0, 0.1) is 5.92 Å². The molecule has 3 heterocycles. The number of piperidine rings is 1. The molecule has 1 N–H and O–H groups in total. The van der Waals surface area contributed by atoms with Crippen LogP contribution in [0.5, 0.6) is 5.75 Å². The highest BCUT2D eigenvalue weighted by molar-refractivity contribution is 5.76. The number of fused-ring (bicyclic) bond motifs is 1. The lowest BCUT2D eigenvalue weighted by atomic mass is 9.83. The molecule has 1 aliphatic carbocycles. The second-order valence-corrected chi connectivity index (χ2v) is 10.4. The molecule has 6 heteroatoms. The van der Waals surface area contributed by atoms with Crippen molar-refractivity contribution in [1.29, 1.82) is 0 Å². The highest BCUT2D eigenvalue weighted by Gasteiger charge is 2.28. The van der Waals surface area contributed by atoms with E-state index in [-0.39, 0.29) is 12.0 Å². The Kier molecular flexibility index (Phi) is 7.85. The third-order valence-corrected chi connectivity index (χ3v) is 8.17. The number of nitrogens with one attached hydrogen (secondary N) is 1. The van der Waals surface area contributed by atoms with Crippen LogP contribution >= 0.6 is 0 Å². The molecule has 3 aliphatic heterocycles. The zero-order chi connectivity index (χ0) is 22.5. The lowest BCUT2D eigenvalue weighted by Gasteiger charge is -2.35. The molecule has 1 aromatic carbocycles. The monoisotopic (exact) mass is 456 g/mol. The number of carbonyl (C=O) groups excluding carboxylic acids is 1. The zero-order valence-corrected chi connectivity index (χ0v) is 19.9. The minimum absolute atomic E-state index is 0.0737. The Morgan fingerprint density at radius 3 is 2.67 bits per heavy atom. The lowest BCUT2D eigenvalue weighted by molar-refractivity contribution is -0.132. The molecule has 0 unspecified atom stereocenters. The van der Waals surface area contributed by atoms with Crippen LogP contribution in [-0.2, 0) is 20.7 Å². The number of ether oxygens (including phenoxy) is 3. The topological polar surface area (TPSA) is 60.0 Å². The van der Waals surface area contributed by atoms with E-state index in [1.807, 2.05) is 0 Å². The summed E-state index contributed by atoms with van der Waals surface area (Å²) in [5, 5.41) is 3.24. The van der Waals surface area contributed by atoms with Crippen molar-refractivity contribution in [2.75, 3.05) is 46.1 Å². The number of carbonyl (C=O) groups is 1. The summed E-state index contributed by atoms with van der Waals surface area (Å²) in [7, 11) is 0. The molecular formula is C27H40N2O4. The van der Waals surface area contributed by atoms with Crippen LogP contribution in [0.1, 0.15) is 68.4 Å². The van der Waals surface area contributed by atoms with E-state index in [1.54, 1.807) is 5.56 Å². The van der Waals surface area contributed by atoms with Crippen molar-refractivity contribution < 1.29 is 19.0 Å². The Morgan fingerprint density at radius 1 is 1.03 bits per heavy atom. The van der Waals surface area contributed by atoms with Gasteiger partial charge in [0, 0.05) is 18.0 Å². The summed E-state index contributed by atoms with van der Waals surface area (Å²) >= 11 is 0. The third-order valence-electron chi connectivity index (χ3n) is 8.17. The smallest absolute Gasteiger partial charge is 0.222 e. The number of likely N-dealkylation sites (tertiary alicyclic amines) is 1. The summed E-state index contributed by atoms with van der Waals surface area (Å²) in [6, 6.07) is 6.97. The number of benzene rings is 1. The van der Waals surface area contributed by atoms with Gasteiger partial charge in [0.1, 0.15) is 5.75 Å². The first-order valence-electron chi connectivity index (χ1n) is 13.2. The van der Waals surface area contributed by atoms with E-state index in [2.05, 4.69) is 28.4 Å². The van der Waals surface area contributed by atoms with Crippen LogP contribution in [-0.4, -0.2) is 69.0 Å². The molecule has 1 saturated carbocycles. The van der Waals surface area contributed by atoms with Gasteiger partial charge in [-0.2, -0.15) is 0 Å². The van der Waals surface area contributed by atoms with Crippen LogP contribution in [0.25, 0.3) is 0 Å². The van der Waals surface area contributed by atoms with Gasteiger partial charge in [-0.25, -0.2) is 0 Å². The fraction of sp³-hybridized carbons (Fsp3) is 0.741. The first-order chi connectivity index (χ1) is 16.2. The first-order valence-corrected chi connectivity index (χ1v) is 13.2. The van der Waals surface area contributed by atoms with Gasteiger partial charge in [0.05, 0.1) is 39.0 Å². The van der Waals surface area contributed by atoms with Gasteiger partial charge in [0.15, 0.2) is 0 Å². The van der Waals surface area contributed by atoms with Gasteiger partial charge in [-0.3, -0.25) is 4.79 Å². The van der Waals surface area contributed by atoms with E-state index < -0.39 is 0 Å². The van der Waals surface area contributed by atoms with Gasteiger partial charge < -0.3 is 24.4 Å². The fourth-order valence-corrected chi connectivity index (χ4v) is 6.21. The highest BCUT2D eigenvalue weighted by atomic mass is 16.6. The zero-order valence-electron chi connectivity index (χ0n) is 19.9. The van der Waals surface area contributed by atoms with Gasteiger partial charge in [0.2, 0.25) is 5.91 Å². The molecule has 1 aromatic rings. The second-order valence-electron chi connectivity index (χ2n) is 10.4. The van der Waals surface area contributed by atoms with E-state index in [0.29, 0.717) is 38.2 Å². The Bertz CT molecular complexity index is 778. The SMILES string of the molecule is O=C(C[C@@H]1COCCO1)NC1CCC(CCN2CCC(c3cccc4c3CCO4)CC2)CC1. The maximum absolute atomic E-state index is 12.3. The van der Waals surface area contributed by atoms with Crippen molar-refractivity contribution in [2.45, 2.75) is 75.9 Å². The largest absolute Gasteiger partial charge is 0.493 e. The van der Waals surface area contributed by atoms with Gasteiger partial charge in [-0.15, -0.1) is 0 Å². The normalized spacial score (nSPS) is 28.8. The second kappa shape index (κ2) is 11.2. The Labute approximate surface area is 198 Å². The number of amides is 1. The minimum atomic E-state index is -0.0737. The number of rotatable bonds is 7. The fourth-order valence-electron chi connectivity index (χ4n) is 6.21. The van der Waals surface area contributed by atoms with Gasteiger partial charge in [-0.1, -0.05) is 12.1 Å². The Morgan fingerprint density at radius 2 is 1.88 bits per heavy atom. The van der Waals surface area contributed by atoms with Crippen molar-refractivity contribution >= 4 is 5.91 Å². The van der Waals surface area contributed by atoms with Crippen molar-refractivity contribution in [2.24, 2.45) is 5.92 Å². The van der Waals surface area contributed by atoms with Crippen LogP contribution in [0.2, 0.25) is 0 Å². The minimum Gasteiger partial charge on any atom is -0.493 e. The van der Waals surface area contributed by atoms with E-state index in [9.17, 15) is 4.79 Å². The molecule has 0 radical (unpaired) electrons. The van der Waals surface area contributed by atoms with E-state index in [0.717, 1.165) is 37.5 Å². The predicted octanol–water partition coefficient (Wildman–Crippen LogP) is 3.67. The molecule has 33 heavy (non-hydrogen) atoms. The molecule has 182 valence electrons. The van der Waals surface area contributed by atoms with Crippen LogP contribution < -0.4 is 10.1 Å². The summed E-state index contributed by atoms with van der Waals surface area (Å²) < 4.78 is 16.8. The molecular weight excluding hydrogens is 416 g/mol. The summed E-state index contributed by atoms with van der Waals surface area (Å²) in [5.41, 5.74) is 3.02. The number of hydrogen-bond donors (Lipinski definition) is 1. The predicted molar refractivity (Wildman–Crippen MR) is 128 cm³/mol. The van der Waals surface area contributed by atoms with E-state index in [1.165, 1.54) is 57.3 Å². The van der Waals surface area contributed by atoms with Gasteiger partial charge in [0.25, 0.3) is 0 Å². The first kappa shape index (κ1) is 23.1. The quantitative estimate of drug-likeness (QED) is 0.678. The maximum Gasteiger partial charge on any atom is 0.222 e. The molecule has 0 aromatic heterocycles. The van der Waals surface area contributed by atoms with Crippen LogP contribution in [0.15, 0.2) is 18.2 Å². The molecule has 1 atom stereocenters. The summed E-state index contributed by atoms with van der Waals surface area (Å²) in [6.45, 7) is 6.29. The molecule has 3 fully saturated rings. The summed E-state index contributed by atoms with van der Waals surface area (Å²) in [5.74, 6) is 2.74. The standard InChI is InChI=1S/C27H40N2O4/c30-27(18-23-19-31-16-17-32-23)28-22-6-4-20(5-7-22)8-12-29-13-9-21(10-14-29)24-2-1-3-26-25(24)11-15-33-26/h1-3,20-23H,4-19H2,(H,28,30)/t20?,22?,23-/m1/s1. The molecule has 0 spiro atoms. The third kappa shape index (κ3) is 6.09. The van der Waals surface area contributed by atoms with Crippen LogP contribution in [0.4, 0.5) is 0 Å². The van der Waals surface area contributed by atoms with Crippen molar-refractivity contribution in [3.63, 3.8) is 0 Å². The summed E-state index contributed by atoms with van der Waals surface area (Å²) in [6.07, 6.45) is 9.97. The van der Waals surface area contributed by atoms with E-state index >= 15 is 0 Å². The molecule has 0 bridgehead atoms. The van der Waals surface area contributed by atoms with Crippen molar-refractivity contribution in [3.8, 4) is 5.75 Å². The maximum atomic E-state index is 12.3. The number of nitrogens with zero attached hydrogens (tertiary/aromatic N) is 1. The average Bonchev–Trinajstić information content (AvgIpc) is 3.34. The molecule has 4 aliphatic rings.